The number of aryl methyl sites for hydroxylation is 1. The van der Waals surface area contributed by atoms with Crippen LogP contribution in [0.4, 0.5) is 0 Å². The smallest absolute Gasteiger partial charge is 0.0564 e. The first-order valence-electron chi connectivity index (χ1n) is 7.18. The standard InChI is InChI=1S/C15H28N2S/c1-5-12(4)11-17(7-3)14(10-16)15-9-8-13(6-2)18-15/h8-9,12,14H,5-7,10-11,16H2,1-4H3. The van der Waals surface area contributed by atoms with Crippen LogP contribution in [0.5, 0.6) is 0 Å². The van der Waals surface area contributed by atoms with E-state index in [4.69, 9.17) is 5.73 Å². The number of rotatable bonds is 8. The van der Waals surface area contributed by atoms with E-state index in [9.17, 15) is 0 Å². The van der Waals surface area contributed by atoms with Crippen LogP contribution in [0, 0.1) is 5.92 Å². The molecule has 0 bridgehead atoms. The SMILES string of the molecule is CCc1ccc(C(CN)N(CC)CC(C)CC)s1. The Labute approximate surface area is 116 Å². The van der Waals surface area contributed by atoms with Crippen molar-refractivity contribution in [3.05, 3.63) is 21.9 Å². The third kappa shape index (κ3) is 4.08. The molecule has 2 unspecified atom stereocenters. The van der Waals surface area contributed by atoms with Gasteiger partial charge in [-0.25, -0.2) is 0 Å². The summed E-state index contributed by atoms with van der Waals surface area (Å²) in [4.78, 5) is 5.42. The minimum atomic E-state index is 0.397. The maximum Gasteiger partial charge on any atom is 0.0564 e. The molecule has 1 aromatic rings. The van der Waals surface area contributed by atoms with Gasteiger partial charge in [0, 0.05) is 22.8 Å². The van der Waals surface area contributed by atoms with E-state index in [1.54, 1.807) is 0 Å². The van der Waals surface area contributed by atoms with E-state index >= 15 is 0 Å². The number of thiophene rings is 1. The zero-order chi connectivity index (χ0) is 13.5. The third-order valence-corrected chi connectivity index (χ3v) is 5.00. The Morgan fingerprint density at radius 3 is 2.44 bits per heavy atom. The molecule has 0 saturated heterocycles. The summed E-state index contributed by atoms with van der Waals surface area (Å²) in [6.07, 6.45) is 2.36. The molecule has 0 aliphatic carbocycles. The molecule has 18 heavy (non-hydrogen) atoms. The second kappa shape index (κ2) is 7.93. The summed E-state index contributed by atoms with van der Waals surface area (Å²) >= 11 is 1.92. The molecular formula is C15H28N2S. The van der Waals surface area contributed by atoms with Crippen LogP contribution in [-0.4, -0.2) is 24.5 Å². The van der Waals surface area contributed by atoms with Crippen molar-refractivity contribution >= 4 is 11.3 Å². The van der Waals surface area contributed by atoms with Gasteiger partial charge in [-0.05, 0) is 31.0 Å². The largest absolute Gasteiger partial charge is 0.329 e. The first kappa shape index (κ1) is 15.7. The van der Waals surface area contributed by atoms with Crippen LogP contribution < -0.4 is 5.73 Å². The molecule has 104 valence electrons. The molecule has 0 fully saturated rings. The van der Waals surface area contributed by atoms with Crippen molar-refractivity contribution in [2.75, 3.05) is 19.6 Å². The highest BCUT2D eigenvalue weighted by Crippen LogP contribution is 2.28. The van der Waals surface area contributed by atoms with E-state index in [2.05, 4.69) is 44.7 Å². The first-order chi connectivity index (χ1) is 8.65. The van der Waals surface area contributed by atoms with Gasteiger partial charge in [0.2, 0.25) is 0 Å². The molecule has 0 spiro atoms. The van der Waals surface area contributed by atoms with Crippen molar-refractivity contribution in [1.29, 1.82) is 0 Å². The summed E-state index contributed by atoms with van der Waals surface area (Å²) in [5.74, 6) is 0.740. The van der Waals surface area contributed by atoms with E-state index in [0.717, 1.165) is 25.4 Å². The topological polar surface area (TPSA) is 29.3 Å². The summed E-state index contributed by atoms with van der Waals surface area (Å²) in [7, 11) is 0. The molecule has 0 aliphatic rings. The van der Waals surface area contributed by atoms with Crippen molar-refractivity contribution in [2.24, 2.45) is 11.7 Å². The third-order valence-electron chi connectivity index (χ3n) is 3.67. The summed E-state index contributed by atoms with van der Waals surface area (Å²) in [5, 5.41) is 0. The van der Waals surface area contributed by atoms with Crippen LogP contribution >= 0.6 is 11.3 Å². The minimum absolute atomic E-state index is 0.397. The lowest BCUT2D eigenvalue weighted by atomic mass is 10.1. The molecule has 2 N–H and O–H groups in total. The van der Waals surface area contributed by atoms with Crippen LogP contribution in [0.15, 0.2) is 12.1 Å². The Morgan fingerprint density at radius 1 is 1.28 bits per heavy atom. The fourth-order valence-electron chi connectivity index (χ4n) is 2.21. The average Bonchev–Trinajstić information content (AvgIpc) is 2.86. The van der Waals surface area contributed by atoms with Gasteiger partial charge in [-0.3, -0.25) is 4.90 Å². The quantitative estimate of drug-likeness (QED) is 0.779. The van der Waals surface area contributed by atoms with Gasteiger partial charge in [-0.1, -0.05) is 34.1 Å². The molecule has 0 amide bonds. The van der Waals surface area contributed by atoms with Gasteiger partial charge in [-0.15, -0.1) is 11.3 Å². The van der Waals surface area contributed by atoms with E-state index in [1.807, 2.05) is 11.3 Å². The van der Waals surface area contributed by atoms with Crippen molar-refractivity contribution in [2.45, 2.75) is 46.6 Å². The number of likely N-dealkylation sites (N-methyl/N-ethyl adjacent to an activating group) is 1. The van der Waals surface area contributed by atoms with E-state index < -0.39 is 0 Å². The Morgan fingerprint density at radius 2 is 2.00 bits per heavy atom. The molecule has 1 rings (SSSR count). The predicted octanol–water partition coefficient (Wildman–Crippen LogP) is 3.68. The lowest BCUT2D eigenvalue weighted by Gasteiger charge is -2.31. The van der Waals surface area contributed by atoms with E-state index in [-0.39, 0.29) is 0 Å². The lowest BCUT2D eigenvalue weighted by Crippen LogP contribution is -2.36. The number of hydrogen-bond donors (Lipinski definition) is 1. The highest BCUT2D eigenvalue weighted by Gasteiger charge is 2.20. The Balaban J connectivity index is 2.78. The zero-order valence-corrected chi connectivity index (χ0v) is 13.1. The average molecular weight is 268 g/mol. The van der Waals surface area contributed by atoms with Gasteiger partial charge in [-0.2, -0.15) is 0 Å². The van der Waals surface area contributed by atoms with Gasteiger partial charge in [0.25, 0.3) is 0 Å². The predicted molar refractivity (Wildman–Crippen MR) is 82.2 cm³/mol. The van der Waals surface area contributed by atoms with Crippen LogP contribution in [0.2, 0.25) is 0 Å². The highest BCUT2D eigenvalue weighted by atomic mass is 32.1. The molecule has 0 aromatic carbocycles. The van der Waals surface area contributed by atoms with Crippen molar-refractivity contribution in [3.63, 3.8) is 0 Å². The second-order valence-electron chi connectivity index (χ2n) is 5.01. The van der Waals surface area contributed by atoms with Crippen molar-refractivity contribution in [3.8, 4) is 0 Å². The highest BCUT2D eigenvalue weighted by molar-refractivity contribution is 7.12. The van der Waals surface area contributed by atoms with E-state index in [1.165, 1.54) is 16.2 Å². The van der Waals surface area contributed by atoms with Gasteiger partial charge in [0.15, 0.2) is 0 Å². The summed E-state index contributed by atoms with van der Waals surface area (Å²) in [6.45, 7) is 12.0. The molecule has 1 heterocycles. The number of nitrogens with two attached hydrogens (primary N) is 1. The Kier molecular flexibility index (Phi) is 6.90. The molecule has 2 atom stereocenters. The Bertz CT molecular complexity index is 335. The first-order valence-corrected chi connectivity index (χ1v) is 8.00. The monoisotopic (exact) mass is 268 g/mol. The lowest BCUT2D eigenvalue weighted by molar-refractivity contribution is 0.185. The fraction of sp³-hybridized carbons (Fsp3) is 0.733. The van der Waals surface area contributed by atoms with Gasteiger partial charge in [0.05, 0.1) is 6.04 Å². The summed E-state index contributed by atoms with van der Waals surface area (Å²) in [5.41, 5.74) is 6.01. The summed E-state index contributed by atoms with van der Waals surface area (Å²) < 4.78 is 0. The molecule has 2 nitrogen and oxygen atoms in total. The van der Waals surface area contributed by atoms with Gasteiger partial charge in [0.1, 0.15) is 0 Å². The molecule has 3 heteroatoms. The van der Waals surface area contributed by atoms with E-state index in [0.29, 0.717) is 12.6 Å². The zero-order valence-electron chi connectivity index (χ0n) is 12.3. The molecule has 0 aliphatic heterocycles. The van der Waals surface area contributed by atoms with Crippen LogP contribution in [0.1, 0.15) is 49.9 Å². The normalized spacial score (nSPS) is 15.0. The van der Waals surface area contributed by atoms with Crippen molar-refractivity contribution < 1.29 is 0 Å². The van der Waals surface area contributed by atoms with Gasteiger partial charge >= 0.3 is 0 Å². The maximum atomic E-state index is 6.01. The molecular weight excluding hydrogens is 240 g/mol. The number of hydrogen-bond acceptors (Lipinski definition) is 3. The number of nitrogens with zero attached hydrogens (tertiary/aromatic N) is 1. The van der Waals surface area contributed by atoms with Crippen LogP contribution in [0.3, 0.4) is 0 Å². The molecule has 0 saturated carbocycles. The van der Waals surface area contributed by atoms with Gasteiger partial charge < -0.3 is 5.73 Å². The van der Waals surface area contributed by atoms with Crippen LogP contribution in [0.25, 0.3) is 0 Å². The molecule has 1 aromatic heterocycles. The fourth-order valence-corrected chi connectivity index (χ4v) is 3.32. The van der Waals surface area contributed by atoms with Crippen molar-refractivity contribution in [1.82, 2.24) is 4.90 Å². The van der Waals surface area contributed by atoms with Crippen LogP contribution in [-0.2, 0) is 6.42 Å². The Hall–Kier alpha value is -0.380. The summed E-state index contributed by atoms with van der Waals surface area (Å²) in [6, 6.07) is 4.91. The second-order valence-corrected chi connectivity index (χ2v) is 6.21. The molecule has 0 radical (unpaired) electrons. The maximum absolute atomic E-state index is 6.01. The minimum Gasteiger partial charge on any atom is -0.329 e.